The average molecular weight is 263 g/mol. The van der Waals surface area contributed by atoms with E-state index in [9.17, 15) is 10.2 Å². The number of halogens is 1. The zero-order valence-corrected chi connectivity index (χ0v) is 10.6. The second-order valence-electron chi connectivity index (χ2n) is 4.36. The van der Waals surface area contributed by atoms with E-state index in [2.05, 4.69) is 0 Å². The van der Waals surface area contributed by atoms with Gasteiger partial charge in [-0.25, -0.2) is 0 Å². The molecule has 2 aromatic carbocycles. The van der Waals surface area contributed by atoms with Gasteiger partial charge in [0.05, 0.1) is 6.10 Å². The maximum absolute atomic E-state index is 10.0. The topological polar surface area (TPSA) is 40.5 Å². The van der Waals surface area contributed by atoms with Crippen LogP contribution in [0.1, 0.15) is 11.1 Å². The summed E-state index contributed by atoms with van der Waals surface area (Å²) in [5, 5.41) is 19.9. The Labute approximate surface area is 111 Å². The molecule has 0 saturated carbocycles. The number of aliphatic hydroxyl groups is 1. The molecule has 0 heterocycles. The van der Waals surface area contributed by atoms with Crippen molar-refractivity contribution in [3.8, 4) is 5.75 Å². The third kappa shape index (κ3) is 3.76. The molecule has 0 saturated heterocycles. The van der Waals surface area contributed by atoms with E-state index in [1.54, 1.807) is 12.1 Å². The first-order valence-corrected chi connectivity index (χ1v) is 6.22. The number of hydrogen-bond acceptors (Lipinski definition) is 2. The number of aliphatic hydroxyl groups excluding tert-OH is 1. The molecule has 18 heavy (non-hydrogen) atoms. The molecule has 0 spiro atoms. The first-order valence-electron chi connectivity index (χ1n) is 5.84. The van der Waals surface area contributed by atoms with Gasteiger partial charge < -0.3 is 10.2 Å². The zero-order chi connectivity index (χ0) is 13.0. The zero-order valence-electron chi connectivity index (χ0n) is 9.88. The number of benzene rings is 2. The molecule has 1 unspecified atom stereocenters. The molecule has 0 aromatic heterocycles. The summed E-state index contributed by atoms with van der Waals surface area (Å²) in [6.45, 7) is 0. The third-order valence-corrected chi connectivity index (χ3v) is 3.00. The van der Waals surface area contributed by atoms with Crippen LogP contribution in [0.25, 0.3) is 0 Å². The predicted octanol–water partition coefficient (Wildman–Crippen LogP) is 3.19. The molecular formula is C15H15ClO2. The van der Waals surface area contributed by atoms with E-state index in [0.717, 1.165) is 11.1 Å². The Bertz CT molecular complexity index is 508. The summed E-state index contributed by atoms with van der Waals surface area (Å²) < 4.78 is 0. The molecule has 0 fully saturated rings. The van der Waals surface area contributed by atoms with Crippen LogP contribution in [0.3, 0.4) is 0 Å². The Morgan fingerprint density at radius 1 is 0.944 bits per heavy atom. The van der Waals surface area contributed by atoms with Crippen LogP contribution in [-0.4, -0.2) is 16.3 Å². The molecule has 94 valence electrons. The van der Waals surface area contributed by atoms with Crippen LogP contribution in [0.2, 0.25) is 5.02 Å². The van der Waals surface area contributed by atoms with Crippen molar-refractivity contribution in [2.45, 2.75) is 18.9 Å². The molecule has 0 bridgehead atoms. The lowest BCUT2D eigenvalue weighted by molar-refractivity contribution is 0.175. The Hall–Kier alpha value is -1.51. The summed E-state index contributed by atoms with van der Waals surface area (Å²) >= 11 is 5.90. The molecule has 2 nitrogen and oxygen atoms in total. The van der Waals surface area contributed by atoms with Gasteiger partial charge in [0.25, 0.3) is 0 Å². The van der Waals surface area contributed by atoms with Crippen LogP contribution >= 0.6 is 11.6 Å². The van der Waals surface area contributed by atoms with Crippen LogP contribution in [0.5, 0.6) is 5.75 Å². The van der Waals surface area contributed by atoms with Gasteiger partial charge in [0, 0.05) is 5.02 Å². The molecule has 0 aliphatic rings. The second-order valence-corrected chi connectivity index (χ2v) is 4.79. The van der Waals surface area contributed by atoms with E-state index >= 15 is 0 Å². The molecule has 1 atom stereocenters. The van der Waals surface area contributed by atoms with E-state index in [1.807, 2.05) is 36.4 Å². The molecule has 0 radical (unpaired) electrons. The van der Waals surface area contributed by atoms with E-state index in [-0.39, 0.29) is 5.75 Å². The highest BCUT2D eigenvalue weighted by Gasteiger charge is 2.07. The Morgan fingerprint density at radius 2 is 1.61 bits per heavy atom. The maximum atomic E-state index is 10.0. The number of phenolic OH excluding ortho intramolecular Hbond substituents is 1. The molecule has 2 N–H and O–H groups in total. The minimum atomic E-state index is -0.451. The fourth-order valence-electron chi connectivity index (χ4n) is 1.91. The van der Waals surface area contributed by atoms with Crippen molar-refractivity contribution in [3.63, 3.8) is 0 Å². The highest BCUT2D eigenvalue weighted by atomic mass is 35.5. The lowest BCUT2D eigenvalue weighted by Gasteiger charge is -2.11. The van der Waals surface area contributed by atoms with E-state index in [4.69, 9.17) is 11.6 Å². The summed E-state index contributed by atoms with van der Waals surface area (Å²) in [6, 6.07) is 14.4. The van der Waals surface area contributed by atoms with Crippen LogP contribution in [0, 0.1) is 0 Å². The second kappa shape index (κ2) is 5.89. The Kier molecular flexibility index (Phi) is 4.24. The molecule has 2 rings (SSSR count). The summed E-state index contributed by atoms with van der Waals surface area (Å²) in [4.78, 5) is 0. The van der Waals surface area contributed by atoms with Crippen LogP contribution < -0.4 is 0 Å². The summed E-state index contributed by atoms with van der Waals surface area (Å²) in [7, 11) is 0. The molecular weight excluding hydrogens is 248 g/mol. The molecule has 3 heteroatoms. The Balaban J connectivity index is 1.96. The largest absolute Gasteiger partial charge is 0.508 e. The monoisotopic (exact) mass is 262 g/mol. The molecule has 2 aromatic rings. The van der Waals surface area contributed by atoms with Crippen LogP contribution in [-0.2, 0) is 12.8 Å². The van der Waals surface area contributed by atoms with Crippen molar-refractivity contribution in [3.05, 3.63) is 64.7 Å². The van der Waals surface area contributed by atoms with Gasteiger partial charge in [0.2, 0.25) is 0 Å². The SMILES string of the molecule is Oc1ccc(CC(O)Cc2cccc(Cl)c2)cc1. The van der Waals surface area contributed by atoms with Crippen molar-refractivity contribution < 1.29 is 10.2 Å². The van der Waals surface area contributed by atoms with E-state index < -0.39 is 6.10 Å². The number of aromatic hydroxyl groups is 1. The van der Waals surface area contributed by atoms with Gasteiger partial charge in [-0.1, -0.05) is 35.9 Å². The van der Waals surface area contributed by atoms with Gasteiger partial charge in [-0.05, 0) is 48.2 Å². The summed E-state index contributed by atoms with van der Waals surface area (Å²) in [5.74, 6) is 0.239. The number of rotatable bonds is 4. The fraction of sp³-hybridized carbons (Fsp3) is 0.200. The predicted molar refractivity (Wildman–Crippen MR) is 73.0 cm³/mol. The number of hydrogen-bond donors (Lipinski definition) is 2. The first kappa shape index (κ1) is 12.9. The minimum absolute atomic E-state index is 0.239. The molecule has 0 aliphatic carbocycles. The van der Waals surface area contributed by atoms with Gasteiger partial charge >= 0.3 is 0 Å². The normalized spacial score (nSPS) is 12.3. The average Bonchev–Trinajstić information content (AvgIpc) is 2.32. The molecule has 0 aliphatic heterocycles. The van der Waals surface area contributed by atoms with E-state index in [1.165, 1.54) is 0 Å². The number of phenols is 1. The van der Waals surface area contributed by atoms with Crippen molar-refractivity contribution in [2.24, 2.45) is 0 Å². The van der Waals surface area contributed by atoms with Crippen molar-refractivity contribution in [1.29, 1.82) is 0 Å². The fourth-order valence-corrected chi connectivity index (χ4v) is 2.13. The highest BCUT2D eigenvalue weighted by molar-refractivity contribution is 6.30. The standard InChI is InChI=1S/C15H15ClO2/c16-13-3-1-2-12(8-13)10-15(18)9-11-4-6-14(17)7-5-11/h1-8,15,17-18H,9-10H2. The Morgan fingerprint density at radius 3 is 2.28 bits per heavy atom. The van der Waals surface area contributed by atoms with Gasteiger partial charge in [-0.2, -0.15) is 0 Å². The lowest BCUT2D eigenvalue weighted by Crippen LogP contribution is -2.13. The summed E-state index contributed by atoms with van der Waals surface area (Å²) in [6.07, 6.45) is 0.682. The summed E-state index contributed by atoms with van der Waals surface area (Å²) in [5.41, 5.74) is 2.02. The van der Waals surface area contributed by atoms with E-state index in [0.29, 0.717) is 17.9 Å². The lowest BCUT2D eigenvalue weighted by atomic mass is 10.0. The van der Waals surface area contributed by atoms with Crippen molar-refractivity contribution >= 4 is 11.6 Å². The van der Waals surface area contributed by atoms with Crippen LogP contribution in [0.4, 0.5) is 0 Å². The first-order chi connectivity index (χ1) is 8.63. The highest BCUT2D eigenvalue weighted by Crippen LogP contribution is 2.15. The van der Waals surface area contributed by atoms with Gasteiger partial charge in [-0.3, -0.25) is 0 Å². The van der Waals surface area contributed by atoms with Crippen molar-refractivity contribution in [1.82, 2.24) is 0 Å². The third-order valence-electron chi connectivity index (χ3n) is 2.77. The minimum Gasteiger partial charge on any atom is -0.508 e. The van der Waals surface area contributed by atoms with Gasteiger partial charge in [-0.15, -0.1) is 0 Å². The van der Waals surface area contributed by atoms with Crippen molar-refractivity contribution in [2.75, 3.05) is 0 Å². The van der Waals surface area contributed by atoms with Crippen LogP contribution in [0.15, 0.2) is 48.5 Å². The van der Waals surface area contributed by atoms with Gasteiger partial charge in [0.15, 0.2) is 0 Å². The quantitative estimate of drug-likeness (QED) is 0.888. The van der Waals surface area contributed by atoms with Gasteiger partial charge in [0.1, 0.15) is 5.75 Å². The smallest absolute Gasteiger partial charge is 0.115 e. The molecule has 0 amide bonds. The maximum Gasteiger partial charge on any atom is 0.115 e.